The summed E-state index contributed by atoms with van der Waals surface area (Å²) in [5.74, 6) is -0.186. The molecule has 0 saturated heterocycles. The number of aromatic amines is 1. The SMILES string of the molecule is Cc1ccc(S(=O)(=O)N(C)c2ccc(C(=O)NCCCc3cn[nH]c3C)cc2)cc1. The standard InChI is InChI=1S/C22H26N4O3S/c1-16-6-12-21(13-7-16)30(28,29)26(3)20-10-8-18(9-11-20)22(27)23-14-4-5-19-15-24-25-17(19)2/h6-13,15H,4-5,14H2,1-3H3,(H,23,27)(H,24,25). The van der Waals surface area contributed by atoms with Crippen LogP contribution < -0.4 is 9.62 Å². The first kappa shape index (κ1) is 21.6. The zero-order valence-electron chi connectivity index (χ0n) is 17.3. The summed E-state index contributed by atoms with van der Waals surface area (Å²) in [6.07, 6.45) is 3.45. The van der Waals surface area contributed by atoms with Gasteiger partial charge in [-0.05, 0) is 68.7 Å². The number of H-pyrrole nitrogens is 1. The van der Waals surface area contributed by atoms with E-state index >= 15 is 0 Å². The third kappa shape index (κ3) is 4.88. The quantitative estimate of drug-likeness (QED) is 0.541. The van der Waals surface area contributed by atoms with E-state index in [1.165, 1.54) is 11.4 Å². The van der Waals surface area contributed by atoms with Crippen LogP contribution in [0.3, 0.4) is 0 Å². The van der Waals surface area contributed by atoms with Crippen LogP contribution in [0.1, 0.15) is 33.6 Å². The highest BCUT2D eigenvalue weighted by Crippen LogP contribution is 2.22. The summed E-state index contributed by atoms with van der Waals surface area (Å²) in [6, 6.07) is 13.2. The first-order chi connectivity index (χ1) is 14.3. The van der Waals surface area contributed by atoms with Crippen molar-refractivity contribution >= 4 is 21.6 Å². The summed E-state index contributed by atoms with van der Waals surface area (Å²) in [5, 5.41) is 9.77. The van der Waals surface area contributed by atoms with Crippen LogP contribution in [0.25, 0.3) is 0 Å². The molecule has 3 rings (SSSR count). The van der Waals surface area contributed by atoms with E-state index in [0.717, 1.165) is 29.7 Å². The minimum Gasteiger partial charge on any atom is -0.352 e. The van der Waals surface area contributed by atoms with E-state index in [-0.39, 0.29) is 10.8 Å². The fourth-order valence-corrected chi connectivity index (χ4v) is 4.24. The Balaban J connectivity index is 1.58. The Bertz CT molecular complexity index is 1100. The maximum absolute atomic E-state index is 12.8. The minimum atomic E-state index is -3.66. The Morgan fingerprint density at radius 1 is 1.07 bits per heavy atom. The molecular weight excluding hydrogens is 400 g/mol. The molecule has 0 atom stereocenters. The number of carbonyl (C=O) groups excluding carboxylic acids is 1. The number of nitrogens with zero attached hydrogens (tertiary/aromatic N) is 2. The highest BCUT2D eigenvalue weighted by Gasteiger charge is 2.21. The Kier molecular flexibility index (Phi) is 6.56. The van der Waals surface area contributed by atoms with Crippen molar-refractivity contribution in [1.29, 1.82) is 0 Å². The van der Waals surface area contributed by atoms with Crippen LogP contribution in [0.5, 0.6) is 0 Å². The predicted molar refractivity (Wildman–Crippen MR) is 117 cm³/mol. The van der Waals surface area contributed by atoms with Crippen molar-refractivity contribution in [3.05, 3.63) is 77.1 Å². The number of anilines is 1. The van der Waals surface area contributed by atoms with Gasteiger partial charge < -0.3 is 5.32 Å². The Morgan fingerprint density at radius 3 is 2.33 bits per heavy atom. The number of amides is 1. The molecule has 0 aliphatic heterocycles. The van der Waals surface area contributed by atoms with Crippen molar-refractivity contribution in [3.63, 3.8) is 0 Å². The van der Waals surface area contributed by atoms with Crippen molar-refractivity contribution in [2.75, 3.05) is 17.9 Å². The molecule has 0 fully saturated rings. The van der Waals surface area contributed by atoms with Gasteiger partial charge in [0.15, 0.2) is 0 Å². The minimum absolute atomic E-state index is 0.186. The van der Waals surface area contributed by atoms with E-state index in [9.17, 15) is 13.2 Å². The average molecular weight is 427 g/mol. The molecule has 30 heavy (non-hydrogen) atoms. The molecule has 0 radical (unpaired) electrons. The van der Waals surface area contributed by atoms with Gasteiger partial charge in [0.05, 0.1) is 16.8 Å². The van der Waals surface area contributed by atoms with Crippen LogP contribution in [-0.2, 0) is 16.4 Å². The van der Waals surface area contributed by atoms with Crippen molar-refractivity contribution in [2.45, 2.75) is 31.6 Å². The number of carbonyl (C=O) groups is 1. The van der Waals surface area contributed by atoms with Gasteiger partial charge in [-0.25, -0.2) is 8.42 Å². The van der Waals surface area contributed by atoms with E-state index in [4.69, 9.17) is 0 Å². The van der Waals surface area contributed by atoms with Gasteiger partial charge in [-0.2, -0.15) is 5.10 Å². The van der Waals surface area contributed by atoms with Crippen LogP contribution in [0.15, 0.2) is 59.6 Å². The maximum Gasteiger partial charge on any atom is 0.264 e. The van der Waals surface area contributed by atoms with Crippen molar-refractivity contribution in [3.8, 4) is 0 Å². The second-order valence-electron chi connectivity index (χ2n) is 7.21. The molecule has 1 aromatic heterocycles. The Hall–Kier alpha value is -3.13. The molecule has 0 unspecified atom stereocenters. The maximum atomic E-state index is 12.8. The Labute approximate surface area is 177 Å². The molecule has 7 nitrogen and oxygen atoms in total. The van der Waals surface area contributed by atoms with E-state index in [1.807, 2.05) is 13.8 Å². The lowest BCUT2D eigenvalue weighted by Crippen LogP contribution is -2.27. The molecule has 2 aromatic carbocycles. The van der Waals surface area contributed by atoms with E-state index in [2.05, 4.69) is 15.5 Å². The van der Waals surface area contributed by atoms with Gasteiger partial charge in [-0.15, -0.1) is 0 Å². The normalized spacial score (nSPS) is 11.3. The summed E-state index contributed by atoms with van der Waals surface area (Å²) in [6.45, 7) is 4.42. The van der Waals surface area contributed by atoms with E-state index in [1.54, 1.807) is 54.7 Å². The molecule has 1 heterocycles. The molecule has 1 amide bonds. The van der Waals surface area contributed by atoms with Gasteiger partial charge in [-0.1, -0.05) is 17.7 Å². The van der Waals surface area contributed by atoms with Crippen LogP contribution in [0, 0.1) is 13.8 Å². The zero-order chi connectivity index (χ0) is 21.7. The molecule has 0 aliphatic rings. The second-order valence-corrected chi connectivity index (χ2v) is 9.18. The number of rotatable bonds is 8. The lowest BCUT2D eigenvalue weighted by Gasteiger charge is -2.20. The molecule has 8 heteroatoms. The number of aryl methyl sites for hydroxylation is 3. The van der Waals surface area contributed by atoms with Gasteiger partial charge in [0.25, 0.3) is 15.9 Å². The summed E-state index contributed by atoms with van der Waals surface area (Å²) in [7, 11) is -2.16. The van der Waals surface area contributed by atoms with Crippen LogP contribution in [0.4, 0.5) is 5.69 Å². The number of aromatic nitrogens is 2. The van der Waals surface area contributed by atoms with Gasteiger partial charge in [0, 0.05) is 24.8 Å². The fourth-order valence-electron chi connectivity index (χ4n) is 3.04. The molecule has 0 bridgehead atoms. The smallest absolute Gasteiger partial charge is 0.264 e. The Morgan fingerprint density at radius 2 is 1.73 bits per heavy atom. The van der Waals surface area contributed by atoms with Crippen LogP contribution in [-0.4, -0.2) is 38.1 Å². The summed E-state index contributed by atoms with van der Waals surface area (Å²) in [4.78, 5) is 12.6. The number of hydrogen-bond donors (Lipinski definition) is 2. The first-order valence-corrected chi connectivity index (χ1v) is 11.2. The third-order valence-electron chi connectivity index (χ3n) is 5.02. The van der Waals surface area contributed by atoms with Gasteiger partial charge in [-0.3, -0.25) is 14.2 Å². The largest absolute Gasteiger partial charge is 0.352 e. The summed E-state index contributed by atoms with van der Waals surface area (Å²) in [5.41, 5.74) is 4.15. The highest BCUT2D eigenvalue weighted by molar-refractivity contribution is 7.92. The lowest BCUT2D eigenvalue weighted by molar-refractivity contribution is 0.0953. The summed E-state index contributed by atoms with van der Waals surface area (Å²) >= 11 is 0. The molecule has 3 aromatic rings. The number of nitrogens with one attached hydrogen (secondary N) is 2. The number of benzene rings is 2. The van der Waals surface area contributed by atoms with Gasteiger partial charge in [0.2, 0.25) is 0 Å². The van der Waals surface area contributed by atoms with Crippen molar-refractivity contribution < 1.29 is 13.2 Å². The van der Waals surface area contributed by atoms with Crippen molar-refractivity contribution in [1.82, 2.24) is 15.5 Å². The average Bonchev–Trinajstić information content (AvgIpc) is 3.15. The third-order valence-corrected chi connectivity index (χ3v) is 6.82. The van der Waals surface area contributed by atoms with E-state index in [0.29, 0.717) is 17.8 Å². The monoisotopic (exact) mass is 426 g/mol. The van der Waals surface area contributed by atoms with Crippen LogP contribution >= 0.6 is 0 Å². The molecule has 0 saturated carbocycles. The molecule has 158 valence electrons. The number of sulfonamides is 1. The van der Waals surface area contributed by atoms with Crippen LogP contribution in [0.2, 0.25) is 0 Å². The molecule has 2 N–H and O–H groups in total. The molecule has 0 spiro atoms. The first-order valence-electron chi connectivity index (χ1n) is 9.72. The summed E-state index contributed by atoms with van der Waals surface area (Å²) < 4.78 is 26.8. The number of hydrogen-bond acceptors (Lipinski definition) is 4. The zero-order valence-corrected chi connectivity index (χ0v) is 18.2. The second kappa shape index (κ2) is 9.13. The highest BCUT2D eigenvalue weighted by atomic mass is 32.2. The molecular formula is C22H26N4O3S. The molecule has 0 aliphatic carbocycles. The van der Waals surface area contributed by atoms with Gasteiger partial charge in [0.1, 0.15) is 0 Å². The van der Waals surface area contributed by atoms with E-state index < -0.39 is 10.0 Å². The predicted octanol–water partition coefficient (Wildman–Crippen LogP) is 3.21. The fraction of sp³-hybridized carbons (Fsp3) is 0.273. The topological polar surface area (TPSA) is 95.2 Å². The van der Waals surface area contributed by atoms with Crippen molar-refractivity contribution in [2.24, 2.45) is 0 Å². The van der Waals surface area contributed by atoms with Gasteiger partial charge >= 0.3 is 0 Å². The lowest BCUT2D eigenvalue weighted by atomic mass is 10.1.